The maximum Gasteiger partial charge on any atom is 0.348 e. The maximum atomic E-state index is 12.1. The van der Waals surface area contributed by atoms with Gasteiger partial charge in [0, 0.05) is 47.8 Å². The average molecular weight is 531 g/mol. The van der Waals surface area contributed by atoms with Gasteiger partial charge in [0.05, 0.1) is 5.69 Å². The Hall–Kier alpha value is -4.62. The minimum atomic E-state index is -1.14. The molecule has 5 aromatic rings. The first-order valence-corrected chi connectivity index (χ1v) is 12.7. The highest BCUT2D eigenvalue weighted by molar-refractivity contribution is 7.17. The zero-order valence-electron chi connectivity index (χ0n) is 19.2. The number of nitrogens with one attached hydrogen (secondary N) is 2. The number of urea groups is 1. The lowest BCUT2D eigenvalue weighted by Gasteiger charge is -2.09. The summed E-state index contributed by atoms with van der Waals surface area (Å²) >= 11 is 2.38. The summed E-state index contributed by atoms with van der Waals surface area (Å²) in [6, 6.07) is 8.50. The highest BCUT2D eigenvalue weighted by Crippen LogP contribution is 2.40. The molecule has 0 bridgehead atoms. The van der Waals surface area contributed by atoms with Gasteiger partial charge in [-0.1, -0.05) is 6.07 Å². The van der Waals surface area contributed by atoms with Gasteiger partial charge in [0.2, 0.25) is 0 Å². The summed E-state index contributed by atoms with van der Waals surface area (Å²) < 4.78 is 0. The summed E-state index contributed by atoms with van der Waals surface area (Å²) in [5, 5.41) is 18.1. The second kappa shape index (κ2) is 10.6. The highest BCUT2D eigenvalue weighted by Gasteiger charge is 2.24. The largest absolute Gasteiger partial charge is 0.477 e. The first kappa shape index (κ1) is 24.1. The van der Waals surface area contributed by atoms with E-state index in [0.29, 0.717) is 44.9 Å². The summed E-state index contributed by atoms with van der Waals surface area (Å²) in [6.07, 6.45) is 6.28. The predicted octanol–water partition coefficient (Wildman–Crippen LogP) is 4.69. The highest BCUT2D eigenvalue weighted by atomic mass is 32.1. The third kappa shape index (κ3) is 5.17. The van der Waals surface area contributed by atoms with E-state index in [1.165, 1.54) is 23.7 Å². The van der Waals surface area contributed by atoms with Crippen molar-refractivity contribution in [2.75, 3.05) is 11.9 Å². The van der Waals surface area contributed by atoms with Crippen molar-refractivity contribution in [3.05, 3.63) is 65.4 Å². The van der Waals surface area contributed by atoms with E-state index < -0.39 is 12.0 Å². The molecule has 13 heteroatoms. The molecule has 0 fully saturated rings. The molecule has 0 unspecified atom stereocenters. The van der Waals surface area contributed by atoms with E-state index in [1.54, 1.807) is 24.5 Å². The number of amides is 2. The monoisotopic (exact) mass is 530 g/mol. The molecule has 0 aliphatic rings. The Bertz CT molecular complexity index is 1570. The molecule has 37 heavy (non-hydrogen) atoms. The molecule has 0 saturated carbocycles. The third-order valence-electron chi connectivity index (χ3n) is 4.97. The van der Waals surface area contributed by atoms with Gasteiger partial charge < -0.3 is 10.4 Å². The van der Waals surface area contributed by atoms with Gasteiger partial charge >= 0.3 is 12.0 Å². The molecule has 0 radical (unpaired) electrons. The van der Waals surface area contributed by atoms with Crippen LogP contribution >= 0.6 is 22.7 Å². The van der Waals surface area contributed by atoms with Crippen LogP contribution in [0, 0.1) is 0 Å². The molecule has 0 saturated heterocycles. The van der Waals surface area contributed by atoms with Crippen LogP contribution in [0.2, 0.25) is 0 Å². The summed E-state index contributed by atoms with van der Waals surface area (Å²) in [5.74, 6) is -0.624. The fraction of sp³-hybridized carbons (Fsp3) is 0.0833. The number of carbonyl (C=O) groups is 2. The maximum absolute atomic E-state index is 12.1. The lowest BCUT2D eigenvalue weighted by molar-refractivity contribution is 0.0702. The smallest absolute Gasteiger partial charge is 0.348 e. The van der Waals surface area contributed by atoms with E-state index in [0.717, 1.165) is 11.3 Å². The fourth-order valence-electron chi connectivity index (χ4n) is 3.37. The minimum Gasteiger partial charge on any atom is -0.477 e. The topological polar surface area (TPSA) is 156 Å². The van der Waals surface area contributed by atoms with Crippen molar-refractivity contribution >= 4 is 40.5 Å². The molecule has 0 spiro atoms. The molecular formula is C24H18N8O3S2. The van der Waals surface area contributed by atoms with E-state index in [1.807, 2.05) is 30.5 Å². The Morgan fingerprint density at radius 1 is 0.946 bits per heavy atom. The Morgan fingerprint density at radius 2 is 1.76 bits per heavy atom. The average Bonchev–Trinajstić information content (AvgIpc) is 3.58. The van der Waals surface area contributed by atoms with Crippen molar-refractivity contribution < 1.29 is 14.7 Å². The number of anilines is 1. The van der Waals surface area contributed by atoms with Gasteiger partial charge in [0.15, 0.2) is 5.82 Å². The van der Waals surface area contributed by atoms with Crippen LogP contribution in [-0.4, -0.2) is 53.6 Å². The van der Waals surface area contributed by atoms with Crippen LogP contribution in [0.4, 0.5) is 10.6 Å². The second-order valence-electron chi connectivity index (χ2n) is 7.43. The van der Waals surface area contributed by atoms with E-state index in [2.05, 4.69) is 35.6 Å². The number of hydrogen-bond donors (Lipinski definition) is 3. The minimum absolute atomic E-state index is 0.00462. The molecule has 0 aliphatic heterocycles. The van der Waals surface area contributed by atoms with Gasteiger partial charge in [-0.3, -0.25) is 10.3 Å². The molecule has 0 aromatic carbocycles. The van der Waals surface area contributed by atoms with Crippen molar-refractivity contribution in [1.82, 2.24) is 35.2 Å². The molecule has 0 aliphatic carbocycles. The number of aromatic carboxylic acids is 1. The molecule has 5 aromatic heterocycles. The number of rotatable bonds is 7. The number of hydrogen-bond acceptors (Lipinski definition) is 10. The van der Waals surface area contributed by atoms with E-state index in [9.17, 15) is 14.7 Å². The van der Waals surface area contributed by atoms with E-state index in [-0.39, 0.29) is 16.4 Å². The van der Waals surface area contributed by atoms with Gasteiger partial charge in [0.25, 0.3) is 0 Å². The second-order valence-corrected chi connectivity index (χ2v) is 9.28. The molecule has 5 rings (SSSR count). The lowest BCUT2D eigenvalue weighted by atomic mass is 10.1. The Labute approximate surface area is 218 Å². The summed E-state index contributed by atoms with van der Waals surface area (Å²) in [4.78, 5) is 50.5. The normalized spacial score (nSPS) is 10.7. The number of thiazole rings is 2. The van der Waals surface area contributed by atoms with Crippen molar-refractivity contribution in [2.24, 2.45) is 0 Å². The van der Waals surface area contributed by atoms with Gasteiger partial charge in [-0.25, -0.2) is 34.5 Å². The molecule has 184 valence electrons. The standard InChI is InChI=1S/C24H18N8O3S2/c1-2-25-24(35)31-17-10-13(21-30-16(12-36-21)15-6-3-4-7-26-15)14(11-29-17)22-32-18(19(37-22)23(33)34)20-27-8-5-9-28-20/h3-12H,2H2,1H3,(H,33,34)(H2,25,29,31,35). The molecule has 2 amide bonds. The van der Waals surface area contributed by atoms with Crippen molar-refractivity contribution in [3.63, 3.8) is 0 Å². The quantitative estimate of drug-likeness (QED) is 0.272. The van der Waals surface area contributed by atoms with Crippen LogP contribution in [0.25, 0.3) is 44.0 Å². The summed E-state index contributed by atoms with van der Waals surface area (Å²) in [7, 11) is 0. The van der Waals surface area contributed by atoms with Gasteiger partial charge in [-0.15, -0.1) is 22.7 Å². The molecular weight excluding hydrogens is 512 g/mol. The fourth-order valence-corrected chi connectivity index (χ4v) is 5.14. The first-order chi connectivity index (χ1) is 18.0. The zero-order chi connectivity index (χ0) is 25.8. The van der Waals surface area contributed by atoms with Crippen LogP contribution in [0.5, 0.6) is 0 Å². The Morgan fingerprint density at radius 3 is 2.49 bits per heavy atom. The van der Waals surface area contributed by atoms with Crippen molar-refractivity contribution in [1.29, 1.82) is 0 Å². The van der Waals surface area contributed by atoms with Crippen LogP contribution in [0.15, 0.2) is 60.5 Å². The number of aromatic nitrogens is 6. The lowest BCUT2D eigenvalue weighted by Crippen LogP contribution is -2.28. The number of carbonyl (C=O) groups excluding carboxylic acids is 1. The van der Waals surface area contributed by atoms with Crippen molar-refractivity contribution in [3.8, 4) is 44.0 Å². The summed E-state index contributed by atoms with van der Waals surface area (Å²) in [5.41, 5.74) is 2.74. The molecule has 0 atom stereocenters. The third-order valence-corrected chi connectivity index (χ3v) is 6.93. The van der Waals surface area contributed by atoms with Gasteiger partial charge in [0.1, 0.15) is 32.1 Å². The number of nitrogens with zero attached hydrogens (tertiary/aromatic N) is 6. The zero-order valence-corrected chi connectivity index (χ0v) is 20.9. The van der Waals surface area contributed by atoms with Crippen molar-refractivity contribution in [2.45, 2.75) is 6.92 Å². The van der Waals surface area contributed by atoms with E-state index in [4.69, 9.17) is 4.98 Å². The molecule has 3 N–H and O–H groups in total. The van der Waals surface area contributed by atoms with Crippen LogP contribution in [-0.2, 0) is 0 Å². The SMILES string of the molecule is CCNC(=O)Nc1cc(-c2nc(-c3ccccn3)cs2)c(-c2nc(-c3ncccn3)c(C(=O)O)s2)cn1. The first-order valence-electron chi connectivity index (χ1n) is 11.0. The number of pyridine rings is 2. The Balaban J connectivity index is 1.63. The molecule has 11 nitrogen and oxygen atoms in total. The number of carboxylic acid groups (broad SMARTS) is 1. The predicted molar refractivity (Wildman–Crippen MR) is 140 cm³/mol. The Kier molecular flexibility index (Phi) is 6.87. The van der Waals surface area contributed by atoms with Gasteiger partial charge in [-0.2, -0.15) is 0 Å². The van der Waals surface area contributed by atoms with Gasteiger partial charge in [-0.05, 0) is 31.2 Å². The van der Waals surface area contributed by atoms with Crippen LogP contribution in [0.1, 0.15) is 16.6 Å². The number of carboxylic acids is 1. The summed E-state index contributed by atoms with van der Waals surface area (Å²) in [6.45, 7) is 2.27. The van der Waals surface area contributed by atoms with Crippen LogP contribution in [0.3, 0.4) is 0 Å². The van der Waals surface area contributed by atoms with Crippen LogP contribution < -0.4 is 10.6 Å². The molecule has 5 heterocycles. The van der Waals surface area contributed by atoms with E-state index >= 15 is 0 Å².